The van der Waals surface area contributed by atoms with Gasteiger partial charge < -0.3 is 0 Å². The van der Waals surface area contributed by atoms with Crippen LogP contribution >= 0.6 is 23.1 Å². The number of carbonyl (C=O) groups is 1. The highest BCUT2D eigenvalue weighted by atomic mass is 32.2. The fourth-order valence-electron chi connectivity index (χ4n) is 1.09. The Hall–Kier alpha value is -0.610. The van der Waals surface area contributed by atoms with Crippen LogP contribution in [0.1, 0.15) is 16.1 Å². The smallest absolute Gasteiger partial charge is 0.194 e. The van der Waals surface area contributed by atoms with Crippen LogP contribution in [0, 0.1) is 0 Å². The molecule has 2 rings (SSSR count). The van der Waals surface area contributed by atoms with Gasteiger partial charge in [0.2, 0.25) is 0 Å². The third-order valence-electron chi connectivity index (χ3n) is 1.66. The molecule has 1 aliphatic rings. The van der Waals surface area contributed by atoms with Crippen molar-refractivity contribution < 1.29 is 4.79 Å². The first-order chi connectivity index (χ1) is 5.79. The molecule has 0 unspecified atom stereocenters. The number of hydrogen-bond acceptors (Lipinski definition) is 4. The van der Waals surface area contributed by atoms with Crippen LogP contribution in [0.2, 0.25) is 0 Å². The summed E-state index contributed by atoms with van der Waals surface area (Å²) in [5.74, 6) is 0.865. The van der Waals surface area contributed by atoms with Crippen molar-refractivity contribution in [3.8, 4) is 0 Å². The lowest BCUT2D eigenvalue weighted by Crippen LogP contribution is -2.14. The Morgan fingerprint density at radius 2 is 2.17 bits per heavy atom. The maximum absolute atomic E-state index is 11.3. The lowest BCUT2D eigenvalue weighted by molar-refractivity contribution is 0.0988. The number of hydrogen-bond donors (Lipinski definition) is 0. The van der Waals surface area contributed by atoms with Crippen LogP contribution in [-0.4, -0.2) is 11.5 Å². The van der Waals surface area contributed by atoms with Crippen molar-refractivity contribution in [1.29, 1.82) is 0 Å². The van der Waals surface area contributed by atoms with Gasteiger partial charge in [-0.15, -0.1) is 23.1 Å². The maximum atomic E-state index is 11.3. The van der Waals surface area contributed by atoms with Gasteiger partial charge in [0.05, 0.1) is 9.77 Å². The average Bonchev–Trinajstić information content (AvgIpc) is 2.07. The number of Topliss-reactive ketones (excluding diaryl/α,β-unsaturated/α-hetero) is 1. The van der Waals surface area contributed by atoms with Gasteiger partial charge in [0.15, 0.2) is 11.2 Å². The fraction of sp³-hybridized carbons (Fsp3) is 0.250. The van der Waals surface area contributed by atoms with Gasteiger partial charge in [-0.05, 0) is 11.4 Å². The summed E-state index contributed by atoms with van der Waals surface area (Å²) in [6.45, 7) is 0. The van der Waals surface area contributed by atoms with Gasteiger partial charge >= 0.3 is 0 Å². The highest BCUT2D eigenvalue weighted by molar-refractivity contribution is 7.99. The molecule has 0 amide bonds. The molecule has 0 aromatic carbocycles. The number of ketones is 1. The minimum Gasteiger partial charge on any atom is -0.293 e. The van der Waals surface area contributed by atoms with Crippen molar-refractivity contribution in [3.63, 3.8) is 0 Å². The average molecular weight is 198 g/mol. The first-order valence-corrected chi connectivity index (χ1v) is 5.43. The molecule has 1 aromatic heterocycles. The Bertz CT molecular complexity index is 381. The second-order valence-corrected chi connectivity index (χ2v) is 4.49. The van der Waals surface area contributed by atoms with Crippen molar-refractivity contribution >= 4 is 28.9 Å². The second kappa shape index (κ2) is 3.03. The van der Waals surface area contributed by atoms with Gasteiger partial charge in [0.1, 0.15) is 0 Å². The van der Waals surface area contributed by atoms with Crippen molar-refractivity contribution in [2.24, 2.45) is 0 Å². The fourth-order valence-corrected chi connectivity index (χ4v) is 3.13. The van der Waals surface area contributed by atoms with E-state index in [1.165, 1.54) is 29.2 Å². The zero-order valence-electron chi connectivity index (χ0n) is 6.20. The van der Waals surface area contributed by atoms with E-state index in [9.17, 15) is 9.59 Å². The monoisotopic (exact) mass is 198 g/mol. The van der Waals surface area contributed by atoms with Gasteiger partial charge in [-0.25, -0.2) is 0 Å². The van der Waals surface area contributed by atoms with Gasteiger partial charge in [0, 0.05) is 12.2 Å². The van der Waals surface area contributed by atoms with E-state index in [-0.39, 0.29) is 11.2 Å². The molecule has 0 N–H and O–H groups in total. The van der Waals surface area contributed by atoms with Crippen molar-refractivity contribution in [1.82, 2.24) is 0 Å². The lowest BCUT2D eigenvalue weighted by atomic mass is 10.2. The number of carbonyl (C=O) groups excluding carboxylic acids is 1. The lowest BCUT2D eigenvalue weighted by Gasteiger charge is -2.10. The maximum Gasteiger partial charge on any atom is 0.194 e. The zero-order chi connectivity index (χ0) is 8.55. The van der Waals surface area contributed by atoms with E-state index < -0.39 is 0 Å². The minimum atomic E-state index is -0.0122. The van der Waals surface area contributed by atoms with Crippen LogP contribution in [0.25, 0.3) is 0 Å². The van der Waals surface area contributed by atoms with Crippen LogP contribution in [0.15, 0.2) is 21.1 Å². The first-order valence-electron chi connectivity index (χ1n) is 3.57. The molecule has 0 radical (unpaired) electrons. The molecule has 2 nitrogen and oxygen atoms in total. The summed E-state index contributed by atoms with van der Waals surface area (Å²) in [6, 6.07) is 1.52. The third kappa shape index (κ3) is 1.21. The molecule has 0 saturated heterocycles. The largest absolute Gasteiger partial charge is 0.293 e. The van der Waals surface area contributed by atoms with Crippen LogP contribution < -0.4 is 5.43 Å². The summed E-state index contributed by atoms with van der Waals surface area (Å²) < 4.78 is 0. The molecule has 2 heterocycles. The van der Waals surface area contributed by atoms with Crippen LogP contribution in [-0.2, 0) is 0 Å². The predicted octanol–water partition coefficient (Wildman–Crippen LogP) is 1.79. The molecule has 0 spiro atoms. The summed E-state index contributed by atoms with van der Waals surface area (Å²) in [5, 5.41) is 1.69. The summed E-state index contributed by atoms with van der Waals surface area (Å²) in [6.07, 6.45) is 0.567. The Morgan fingerprint density at radius 1 is 1.33 bits per heavy atom. The molecular weight excluding hydrogens is 192 g/mol. The van der Waals surface area contributed by atoms with Crippen molar-refractivity contribution in [3.05, 3.63) is 26.5 Å². The van der Waals surface area contributed by atoms with E-state index in [1.54, 1.807) is 5.38 Å². The summed E-state index contributed by atoms with van der Waals surface area (Å²) in [7, 11) is 0. The highest BCUT2D eigenvalue weighted by Crippen LogP contribution is 2.28. The SMILES string of the molecule is O=C1CCSc2c1sccc2=O. The molecule has 0 aliphatic carbocycles. The van der Waals surface area contributed by atoms with Gasteiger partial charge in [-0.1, -0.05) is 0 Å². The van der Waals surface area contributed by atoms with Crippen LogP contribution in [0.3, 0.4) is 0 Å². The first kappa shape index (κ1) is 8.01. The van der Waals surface area contributed by atoms with Crippen LogP contribution in [0.4, 0.5) is 0 Å². The topological polar surface area (TPSA) is 34.1 Å². The van der Waals surface area contributed by atoms with E-state index in [0.717, 1.165) is 5.75 Å². The van der Waals surface area contributed by atoms with Gasteiger partial charge in [-0.2, -0.15) is 0 Å². The van der Waals surface area contributed by atoms with Gasteiger partial charge in [0.25, 0.3) is 0 Å². The van der Waals surface area contributed by atoms with E-state index in [0.29, 0.717) is 16.2 Å². The molecular formula is C8H6O2S2. The van der Waals surface area contributed by atoms with Crippen molar-refractivity contribution in [2.75, 3.05) is 5.75 Å². The zero-order valence-corrected chi connectivity index (χ0v) is 7.83. The van der Waals surface area contributed by atoms with E-state index in [4.69, 9.17) is 0 Å². The standard InChI is InChI=1S/C8H6O2S2/c9-5-1-3-11-8-6(10)2-4-12-7(5)8/h1,3H,2,4H2. The Kier molecular flexibility index (Phi) is 2.02. The van der Waals surface area contributed by atoms with Crippen molar-refractivity contribution in [2.45, 2.75) is 11.3 Å². The summed E-state index contributed by atoms with van der Waals surface area (Å²) in [4.78, 5) is 23.8. The van der Waals surface area contributed by atoms with E-state index >= 15 is 0 Å². The van der Waals surface area contributed by atoms with E-state index in [2.05, 4.69) is 0 Å². The molecule has 0 bridgehead atoms. The highest BCUT2D eigenvalue weighted by Gasteiger charge is 2.19. The van der Waals surface area contributed by atoms with Crippen LogP contribution in [0.5, 0.6) is 0 Å². The Morgan fingerprint density at radius 3 is 2.92 bits per heavy atom. The number of fused-ring (bicyclic) bond motifs is 1. The number of rotatable bonds is 0. The quantitative estimate of drug-likeness (QED) is 0.637. The predicted molar refractivity (Wildman–Crippen MR) is 50.3 cm³/mol. The summed E-state index contributed by atoms with van der Waals surface area (Å²) in [5.41, 5.74) is -0.0122. The van der Waals surface area contributed by atoms with E-state index in [1.807, 2.05) is 0 Å². The molecule has 62 valence electrons. The Balaban J connectivity index is 2.67. The normalized spacial score (nSPS) is 15.8. The molecule has 0 atom stereocenters. The Labute approximate surface area is 77.6 Å². The molecule has 1 aliphatic heterocycles. The molecule has 0 saturated carbocycles. The van der Waals surface area contributed by atoms with Gasteiger partial charge in [-0.3, -0.25) is 9.59 Å². The molecule has 0 fully saturated rings. The number of thioether (sulfide) groups is 1. The molecule has 4 heteroatoms. The summed E-state index contributed by atoms with van der Waals surface area (Å²) >= 11 is 2.86. The molecule has 12 heavy (non-hydrogen) atoms. The minimum absolute atomic E-state index is 0.0122. The third-order valence-corrected chi connectivity index (χ3v) is 3.84. The second-order valence-electron chi connectivity index (χ2n) is 2.46. The molecule has 1 aromatic rings.